The van der Waals surface area contributed by atoms with Gasteiger partial charge in [0, 0.05) is 12.8 Å². The van der Waals surface area contributed by atoms with Gasteiger partial charge in [-0.05, 0) is 55.2 Å². The van der Waals surface area contributed by atoms with Crippen molar-refractivity contribution in [3.05, 3.63) is 86.7 Å². The number of benzene rings is 2. The summed E-state index contributed by atoms with van der Waals surface area (Å²) in [4.78, 5) is 17.0. The lowest BCUT2D eigenvalue weighted by molar-refractivity contribution is 0.404. The number of aromatic hydroxyl groups is 1. The summed E-state index contributed by atoms with van der Waals surface area (Å²) in [5, 5.41) is 25.5. The predicted octanol–water partition coefficient (Wildman–Crippen LogP) is 2.68. The molecule has 3 rings (SSSR count). The van der Waals surface area contributed by atoms with Crippen LogP contribution in [-0.2, 0) is 23.0 Å². The molecule has 0 aliphatic heterocycles. The highest BCUT2D eigenvalue weighted by atomic mass is 32.2. The summed E-state index contributed by atoms with van der Waals surface area (Å²) in [7, 11) is -3.84. The number of rotatable bonds is 6. The van der Waals surface area contributed by atoms with E-state index in [0.29, 0.717) is 23.2 Å². The van der Waals surface area contributed by atoms with Crippen molar-refractivity contribution in [1.82, 2.24) is 4.57 Å². The molecule has 0 atom stereocenters. The molecule has 0 spiro atoms. The highest BCUT2D eigenvalue weighted by molar-refractivity contribution is 7.89. The second kappa shape index (κ2) is 9.18. The third kappa shape index (κ3) is 4.77. The van der Waals surface area contributed by atoms with Gasteiger partial charge in [-0.1, -0.05) is 30.3 Å². The van der Waals surface area contributed by atoms with Crippen molar-refractivity contribution in [2.24, 2.45) is 10.1 Å². The van der Waals surface area contributed by atoms with Crippen LogP contribution in [0.1, 0.15) is 27.8 Å². The first-order chi connectivity index (χ1) is 15.1. The minimum absolute atomic E-state index is 0.0331. The summed E-state index contributed by atoms with van der Waals surface area (Å²) < 4.78 is 24.2. The van der Waals surface area contributed by atoms with Crippen LogP contribution < -0.4 is 10.7 Å². The summed E-state index contributed by atoms with van der Waals surface area (Å²) in [6.07, 6.45) is 1.86. The first-order valence-corrected chi connectivity index (χ1v) is 11.3. The van der Waals surface area contributed by atoms with Crippen molar-refractivity contribution >= 4 is 21.9 Å². The van der Waals surface area contributed by atoms with Gasteiger partial charge in [-0.15, -0.1) is 0 Å². The topological polar surface area (TPSA) is 139 Å². The lowest BCUT2D eigenvalue weighted by Crippen LogP contribution is -2.26. The Bertz CT molecular complexity index is 1400. The molecule has 0 radical (unpaired) electrons. The van der Waals surface area contributed by atoms with Crippen molar-refractivity contribution in [2.75, 3.05) is 0 Å². The molecule has 0 aliphatic rings. The molecule has 0 saturated heterocycles. The maximum Gasteiger partial charge on any atom is 0.271 e. The van der Waals surface area contributed by atoms with E-state index in [1.807, 2.05) is 36.4 Å². The van der Waals surface area contributed by atoms with Crippen LogP contribution in [0.2, 0.25) is 0 Å². The van der Waals surface area contributed by atoms with E-state index in [0.717, 1.165) is 10.1 Å². The minimum Gasteiger partial charge on any atom is -0.494 e. The van der Waals surface area contributed by atoms with E-state index in [4.69, 9.17) is 5.14 Å². The fourth-order valence-corrected chi connectivity index (χ4v) is 3.90. The number of nitriles is 1. The van der Waals surface area contributed by atoms with Gasteiger partial charge in [0.1, 0.15) is 11.6 Å². The van der Waals surface area contributed by atoms with Gasteiger partial charge in [0.15, 0.2) is 0 Å². The van der Waals surface area contributed by atoms with Gasteiger partial charge in [0.05, 0.1) is 16.1 Å². The van der Waals surface area contributed by atoms with Crippen molar-refractivity contribution < 1.29 is 13.5 Å². The van der Waals surface area contributed by atoms with Crippen LogP contribution >= 0.6 is 0 Å². The summed E-state index contributed by atoms with van der Waals surface area (Å²) in [5.74, 6) is -0.287. The highest BCUT2D eigenvalue weighted by Gasteiger charge is 2.18. The quantitative estimate of drug-likeness (QED) is 0.556. The van der Waals surface area contributed by atoms with Gasteiger partial charge < -0.3 is 5.11 Å². The van der Waals surface area contributed by atoms with E-state index in [2.05, 4.69) is 4.99 Å². The number of hydrogen-bond donors (Lipinski definition) is 2. The fourth-order valence-electron chi connectivity index (χ4n) is 3.30. The lowest BCUT2D eigenvalue weighted by Gasteiger charge is -2.14. The average Bonchev–Trinajstić information content (AvgIpc) is 2.74. The largest absolute Gasteiger partial charge is 0.494 e. The zero-order valence-corrected chi connectivity index (χ0v) is 18.4. The Hall–Kier alpha value is -3.74. The maximum atomic E-state index is 12.7. The van der Waals surface area contributed by atoms with Crippen LogP contribution in [0.25, 0.3) is 0 Å². The molecular formula is C23H22N4O4S. The van der Waals surface area contributed by atoms with E-state index in [1.54, 1.807) is 13.8 Å². The van der Waals surface area contributed by atoms with Crippen LogP contribution in [0.5, 0.6) is 5.88 Å². The van der Waals surface area contributed by atoms with Crippen molar-refractivity contribution in [1.29, 1.82) is 5.26 Å². The first kappa shape index (κ1) is 22.9. The summed E-state index contributed by atoms with van der Waals surface area (Å²) in [6, 6.07) is 15.6. The molecule has 1 aromatic heterocycles. The van der Waals surface area contributed by atoms with Crippen LogP contribution in [0, 0.1) is 25.2 Å². The Kier molecular flexibility index (Phi) is 6.58. The number of aliphatic imine (C=N–C) groups is 1. The Balaban J connectivity index is 2.03. The maximum absolute atomic E-state index is 12.7. The second-order valence-electron chi connectivity index (χ2n) is 7.29. The molecule has 0 aliphatic carbocycles. The van der Waals surface area contributed by atoms with E-state index in [9.17, 15) is 23.6 Å². The molecule has 8 nitrogen and oxygen atoms in total. The Morgan fingerprint density at radius 1 is 1.19 bits per heavy atom. The molecule has 0 bridgehead atoms. The number of nitrogens with two attached hydrogens (primary N) is 1. The first-order valence-electron chi connectivity index (χ1n) is 9.71. The smallest absolute Gasteiger partial charge is 0.271 e. The SMILES string of the molecule is Cc1cc(S(N)(=O)=O)ccc1N=Cc1c(C)c(C#N)c(=O)n(CCc2ccccc2)c1O. The molecule has 0 unspecified atom stereocenters. The van der Waals surface area contributed by atoms with Crippen LogP contribution in [0.3, 0.4) is 0 Å². The third-order valence-electron chi connectivity index (χ3n) is 5.14. The van der Waals surface area contributed by atoms with Gasteiger partial charge in [0.2, 0.25) is 15.9 Å². The molecule has 0 saturated carbocycles. The normalized spacial score (nSPS) is 11.6. The van der Waals surface area contributed by atoms with Gasteiger partial charge in [-0.2, -0.15) is 5.26 Å². The second-order valence-corrected chi connectivity index (χ2v) is 8.85. The van der Waals surface area contributed by atoms with E-state index < -0.39 is 15.6 Å². The van der Waals surface area contributed by atoms with E-state index in [-0.39, 0.29) is 28.4 Å². The van der Waals surface area contributed by atoms with Crippen molar-refractivity contribution in [3.63, 3.8) is 0 Å². The number of sulfonamides is 1. The summed E-state index contributed by atoms with van der Waals surface area (Å²) in [5.41, 5.74) is 1.92. The lowest BCUT2D eigenvalue weighted by atomic mass is 10.1. The van der Waals surface area contributed by atoms with Gasteiger partial charge in [-0.3, -0.25) is 14.4 Å². The van der Waals surface area contributed by atoms with Crippen molar-refractivity contribution in [3.8, 4) is 11.9 Å². The molecule has 0 fully saturated rings. The molecule has 32 heavy (non-hydrogen) atoms. The number of hydrogen-bond acceptors (Lipinski definition) is 6. The predicted molar refractivity (Wildman–Crippen MR) is 122 cm³/mol. The Labute approximate surface area is 186 Å². The standard InChI is InChI=1S/C23H22N4O4S/c1-15-12-18(32(25,30)31)8-9-21(15)26-14-20-16(2)19(13-24)22(28)27(23(20)29)11-10-17-6-4-3-5-7-17/h3-9,12,14,29H,10-11H2,1-2H3,(H2,25,30,31). The number of nitrogens with zero attached hydrogens (tertiary/aromatic N) is 3. The third-order valence-corrected chi connectivity index (χ3v) is 6.05. The summed E-state index contributed by atoms with van der Waals surface area (Å²) >= 11 is 0. The van der Waals surface area contributed by atoms with E-state index in [1.165, 1.54) is 24.4 Å². The molecule has 2 aromatic carbocycles. The number of aryl methyl sites for hydroxylation is 2. The van der Waals surface area contributed by atoms with Crippen LogP contribution in [0.4, 0.5) is 5.69 Å². The Morgan fingerprint density at radius 2 is 1.88 bits per heavy atom. The zero-order chi connectivity index (χ0) is 23.5. The van der Waals surface area contributed by atoms with Crippen LogP contribution in [0.15, 0.2) is 63.2 Å². The molecular weight excluding hydrogens is 428 g/mol. The number of aromatic nitrogens is 1. The molecule has 9 heteroatoms. The van der Waals surface area contributed by atoms with E-state index >= 15 is 0 Å². The van der Waals surface area contributed by atoms with Crippen LogP contribution in [-0.4, -0.2) is 24.3 Å². The molecule has 1 heterocycles. The Morgan fingerprint density at radius 3 is 2.47 bits per heavy atom. The van der Waals surface area contributed by atoms with Crippen molar-refractivity contribution in [2.45, 2.75) is 31.7 Å². The molecule has 3 N–H and O–H groups in total. The molecule has 0 amide bonds. The number of primary sulfonamides is 1. The summed E-state index contributed by atoms with van der Waals surface area (Å²) in [6.45, 7) is 3.43. The average molecular weight is 451 g/mol. The zero-order valence-electron chi connectivity index (χ0n) is 17.6. The highest BCUT2D eigenvalue weighted by Crippen LogP contribution is 2.24. The minimum atomic E-state index is -3.84. The molecule has 164 valence electrons. The fraction of sp³-hybridized carbons (Fsp3) is 0.174. The number of pyridine rings is 1. The monoisotopic (exact) mass is 450 g/mol. The van der Waals surface area contributed by atoms with Gasteiger partial charge in [0.25, 0.3) is 5.56 Å². The van der Waals surface area contributed by atoms with Gasteiger partial charge >= 0.3 is 0 Å². The molecule has 3 aromatic rings. The van der Waals surface area contributed by atoms with Gasteiger partial charge in [-0.25, -0.2) is 13.6 Å².